The number of para-hydroxylation sites is 1. The van der Waals surface area contributed by atoms with Crippen LogP contribution in [0.5, 0.6) is 5.75 Å². The normalized spacial score (nSPS) is 18.4. The Morgan fingerprint density at radius 3 is 2.73 bits per heavy atom. The van der Waals surface area contributed by atoms with Gasteiger partial charge in [-0.1, -0.05) is 31.4 Å². The van der Waals surface area contributed by atoms with Gasteiger partial charge in [0.15, 0.2) is 0 Å². The lowest BCUT2D eigenvalue weighted by Gasteiger charge is -2.28. The van der Waals surface area contributed by atoms with Gasteiger partial charge in [-0.25, -0.2) is 15.0 Å². The number of thiazole rings is 1. The summed E-state index contributed by atoms with van der Waals surface area (Å²) in [6, 6.07) is 14.4. The zero-order valence-electron chi connectivity index (χ0n) is 23.4. The Morgan fingerprint density at radius 1 is 1.05 bits per heavy atom. The van der Waals surface area contributed by atoms with Crippen molar-refractivity contribution in [1.29, 1.82) is 0 Å². The smallest absolute Gasteiger partial charge is 0.270 e. The second-order valence-corrected chi connectivity index (χ2v) is 12.2. The molecule has 0 bridgehead atoms. The predicted octanol–water partition coefficient (Wildman–Crippen LogP) is 6.31. The van der Waals surface area contributed by atoms with Crippen LogP contribution in [-0.2, 0) is 12.8 Å². The molecule has 0 radical (unpaired) electrons. The molecular formula is C32H37N5O2S. The molecule has 1 amide bonds. The quantitative estimate of drug-likeness (QED) is 0.261. The Bertz CT molecular complexity index is 1490. The number of nitrogens with zero attached hydrogens (tertiary/aromatic N) is 4. The van der Waals surface area contributed by atoms with Crippen LogP contribution in [0, 0.1) is 11.8 Å². The summed E-state index contributed by atoms with van der Waals surface area (Å²) in [5.74, 6) is 4.12. The lowest BCUT2D eigenvalue weighted by atomic mass is 9.80. The zero-order chi connectivity index (χ0) is 27.5. The van der Waals surface area contributed by atoms with Crippen molar-refractivity contribution < 1.29 is 9.53 Å². The van der Waals surface area contributed by atoms with Crippen molar-refractivity contribution in [2.45, 2.75) is 51.4 Å². The van der Waals surface area contributed by atoms with E-state index in [0.29, 0.717) is 11.6 Å². The van der Waals surface area contributed by atoms with Crippen molar-refractivity contribution >= 4 is 34.0 Å². The van der Waals surface area contributed by atoms with Crippen molar-refractivity contribution in [2.75, 3.05) is 32.1 Å². The first kappa shape index (κ1) is 26.7. The molecule has 1 aliphatic heterocycles. The Kier molecular flexibility index (Phi) is 7.96. The first-order valence-corrected chi connectivity index (χ1v) is 15.3. The van der Waals surface area contributed by atoms with Crippen LogP contribution in [0.1, 0.15) is 60.4 Å². The first-order chi connectivity index (χ1) is 19.5. The number of benzene rings is 2. The standard InChI is InChI=1S/C32H37N5O2S/c1-37(2)30-25-7-3-4-8-26(25)34-29(36-30)9-5-6-21-10-12-22(13-11-21)19-33-31(38)27-20-40-32(35-27)24-14-15-28-23(18-24)16-17-39-28/h3-4,7-8,14-15,18,20-22H,5-6,9-13,16-17,19H2,1-2H3,(H,33,38). The zero-order valence-corrected chi connectivity index (χ0v) is 24.2. The summed E-state index contributed by atoms with van der Waals surface area (Å²) in [4.78, 5) is 29.2. The van der Waals surface area contributed by atoms with Gasteiger partial charge in [0.2, 0.25) is 0 Å². The van der Waals surface area contributed by atoms with E-state index >= 15 is 0 Å². The first-order valence-electron chi connectivity index (χ1n) is 14.5. The highest BCUT2D eigenvalue weighted by atomic mass is 32.1. The number of hydrogen-bond acceptors (Lipinski definition) is 7. The van der Waals surface area contributed by atoms with Crippen LogP contribution in [0.4, 0.5) is 5.82 Å². The molecule has 208 valence electrons. The number of anilines is 1. The van der Waals surface area contributed by atoms with E-state index in [1.165, 1.54) is 49.0 Å². The number of amides is 1. The molecule has 3 heterocycles. The summed E-state index contributed by atoms with van der Waals surface area (Å²) >= 11 is 1.52. The highest BCUT2D eigenvalue weighted by Gasteiger charge is 2.23. The molecule has 2 aromatic heterocycles. The maximum Gasteiger partial charge on any atom is 0.270 e. The molecular weight excluding hydrogens is 518 g/mol. The van der Waals surface area contributed by atoms with Crippen molar-refractivity contribution in [3.8, 4) is 16.3 Å². The minimum atomic E-state index is -0.0680. The van der Waals surface area contributed by atoms with Gasteiger partial charge in [0.25, 0.3) is 5.91 Å². The van der Waals surface area contributed by atoms with Crippen LogP contribution < -0.4 is 15.0 Å². The van der Waals surface area contributed by atoms with E-state index in [1.54, 1.807) is 0 Å². The van der Waals surface area contributed by atoms with E-state index in [-0.39, 0.29) is 5.91 Å². The lowest BCUT2D eigenvalue weighted by molar-refractivity contribution is 0.0936. The van der Waals surface area contributed by atoms with Gasteiger partial charge in [-0.05, 0) is 67.0 Å². The summed E-state index contributed by atoms with van der Waals surface area (Å²) in [6.07, 6.45) is 8.96. The molecule has 0 atom stereocenters. The highest BCUT2D eigenvalue weighted by molar-refractivity contribution is 7.13. The Balaban J connectivity index is 0.942. The molecule has 1 fully saturated rings. The fraction of sp³-hybridized carbons (Fsp3) is 0.438. The number of aryl methyl sites for hydroxylation is 1. The molecule has 2 aromatic carbocycles. The predicted molar refractivity (Wildman–Crippen MR) is 161 cm³/mol. The maximum absolute atomic E-state index is 12.8. The molecule has 7 nitrogen and oxygen atoms in total. The Hall–Kier alpha value is -3.52. The van der Waals surface area contributed by atoms with Crippen LogP contribution >= 0.6 is 11.3 Å². The van der Waals surface area contributed by atoms with Crippen molar-refractivity contribution in [2.24, 2.45) is 11.8 Å². The molecule has 8 heteroatoms. The molecule has 1 aliphatic carbocycles. The number of rotatable bonds is 9. The Morgan fingerprint density at radius 2 is 1.88 bits per heavy atom. The average molecular weight is 556 g/mol. The molecule has 0 spiro atoms. The number of ether oxygens (including phenoxy) is 1. The van der Waals surface area contributed by atoms with E-state index < -0.39 is 0 Å². The van der Waals surface area contributed by atoms with Crippen LogP contribution in [0.2, 0.25) is 0 Å². The van der Waals surface area contributed by atoms with Crippen molar-refractivity contribution in [3.05, 3.63) is 64.9 Å². The third-order valence-electron chi connectivity index (χ3n) is 8.26. The van der Waals surface area contributed by atoms with Gasteiger partial charge in [-0.3, -0.25) is 4.79 Å². The fourth-order valence-electron chi connectivity index (χ4n) is 5.99. The minimum absolute atomic E-state index is 0.0680. The molecule has 1 N–H and O–H groups in total. The molecule has 0 saturated heterocycles. The van der Waals surface area contributed by atoms with E-state index in [0.717, 1.165) is 77.2 Å². The molecule has 40 heavy (non-hydrogen) atoms. The topological polar surface area (TPSA) is 80.2 Å². The average Bonchev–Trinajstić information content (AvgIpc) is 3.66. The van der Waals surface area contributed by atoms with Gasteiger partial charge in [0, 0.05) is 49.8 Å². The van der Waals surface area contributed by atoms with Crippen LogP contribution in [-0.4, -0.2) is 48.1 Å². The van der Waals surface area contributed by atoms with Gasteiger partial charge in [-0.2, -0.15) is 0 Å². The second-order valence-electron chi connectivity index (χ2n) is 11.3. The number of nitrogens with one attached hydrogen (secondary N) is 1. The van der Waals surface area contributed by atoms with E-state index in [1.807, 2.05) is 43.7 Å². The Labute approximate surface area is 240 Å². The van der Waals surface area contributed by atoms with Gasteiger partial charge < -0.3 is 15.0 Å². The maximum atomic E-state index is 12.8. The van der Waals surface area contributed by atoms with E-state index in [4.69, 9.17) is 14.7 Å². The van der Waals surface area contributed by atoms with Gasteiger partial charge >= 0.3 is 0 Å². The third-order valence-corrected chi connectivity index (χ3v) is 9.15. The molecule has 6 rings (SSSR count). The van der Waals surface area contributed by atoms with Gasteiger partial charge in [0.05, 0.1) is 12.1 Å². The van der Waals surface area contributed by atoms with Crippen LogP contribution in [0.3, 0.4) is 0 Å². The van der Waals surface area contributed by atoms with Crippen molar-refractivity contribution in [1.82, 2.24) is 20.3 Å². The number of aromatic nitrogens is 3. The molecule has 0 unspecified atom stereocenters. The number of hydrogen-bond donors (Lipinski definition) is 1. The van der Waals surface area contributed by atoms with Gasteiger partial charge in [0.1, 0.15) is 28.1 Å². The van der Waals surface area contributed by atoms with Gasteiger partial charge in [-0.15, -0.1) is 11.3 Å². The number of fused-ring (bicyclic) bond motifs is 2. The summed E-state index contributed by atoms with van der Waals surface area (Å²) in [5, 5.41) is 7.00. The molecule has 1 saturated carbocycles. The number of carbonyl (C=O) groups is 1. The SMILES string of the molecule is CN(C)c1nc(CCCC2CCC(CNC(=O)c3csc(-c4ccc5c(c4)CCO5)n3)CC2)nc2ccccc12. The summed E-state index contributed by atoms with van der Waals surface area (Å²) < 4.78 is 5.60. The van der Waals surface area contributed by atoms with Crippen molar-refractivity contribution in [3.63, 3.8) is 0 Å². The highest BCUT2D eigenvalue weighted by Crippen LogP contribution is 2.33. The minimum Gasteiger partial charge on any atom is -0.493 e. The summed E-state index contributed by atoms with van der Waals surface area (Å²) in [6.45, 7) is 1.47. The summed E-state index contributed by atoms with van der Waals surface area (Å²) in [5.41, 5.74) is 3.80. The monoisotopic (exact) mass is 555 g/mol. The number of carbonyl (C=O) groups excluding carboxylic acids is 1. The lowest BCUT2D eigenvalue weighted by Crippen LogP contribution is -2.31. The second kappa shape index (κ2) is 11.9. The van der Waals surface area contributed by atoms with Crippen LogP contribution in [0.25, 0.3) is 21.5 Å². The third kappa shape index (κ3) is 5.97. The van der Waals surface area contributed by atoms with E-state index in [2.05, 4.69) is 33.4 Å². The largest absolute Gasteiger partial charge is 0.493 e. The fourth-order valence-corrected chi connectivity index (χ4v) is 6.79. The van der Waals surface area contributed by atoms with Crippen LogP contribution in [0.15, 0.2) is 47.8 Å². The molecule has 2 aliphatic rings. The van der Waals surface area contributed by atoms with E-state index in [9.17, 15) is 4.79 Å². The summed E-state index contributed by atoms with van der Waals surface area (Å²) in [7, 11) is 4.08. The molecule has 4 aromatic rings.